The molecule has 0 heterocycles. The van der Waals surface area contributed by atoms with Crippen molar-refractivity contribution >= 4 is 11.6 Å². The van der Waals surface area contributed by atoms with Gasteiger partial charge in [0.15, 0.2) is 0 Å². The molecule has 1 aliphatic rings. The van der Waals surface area contributed by atoms with E-state index < -0.39 is 0 Å². The number of nitrogens with two attached hydrogens (primary N) is 1. The van der Waals surface area contributed by atoms with Gasteiger partial charge in [-0.3, -0.25) is 4.79 Å². The summed E-state index contributed by atoms with van der Waals surface area (Å²) >= 11 is 0. The SMILES string of the molecule is COC1CC(NC(=O)C(C)c2cccc(N)c2)C1. The van der Waals surface area contributed by atoms with Crippen molar-refractivity contribution in [3.63, 3.8) is 0 Å². The molecule has 98 valence electrons. The molecule has 4 heteroatoms. The molecule has 1 amide bonds. The maximum absolute atomic E-state index is 12.1. The predicted octanol–water partition coefficient (Wildman–Crippen LogP) is 1.67. The molecule has 0 radical (unpaired) electrons. The molecular weight excluding hydrogens is 228 g/mol. The molecule has 4 nitrogen and oxygen atoms in total. The summed E-state index contributed by atoms with van der Waals surface area (Å²) in [4.78, 5) is 12.1. The van der Waals surface area contributed by atoms with Gasteiger partial charge in [-0.25, -0.2) is 0 Å². The molecule has 1 aliphatic carbocycles. The number of methoxy groups -OCH3 is 1. The quantitative estimate of drug-likeness (QED) is 0.797. The van der Waals surface area contributed by atoms with Gasteiger partial charge in [0.25, 0.3) is 0 Å². The highest BCUT2D eigenvalue weighted by molar-refractivity contribution is 5.83. The summed E-state index contributed by atoms with van der Waals surface area (Å²) in [6.07, 6.45) is 2.12. The summed E-state index contributed by atoms with van der Waals surface area (Å²) in [7, 11) is 1.71. The number of nitrogen functional groups attached to an aromatic ring is 1. The number of amides is 1. The second-order valence-corrected chi connectivity index (χ2v) is 4.93. The summed E-state index contributed by atoms with van der Waals surface area (Å²) in [5, 5.41) is 3.04. The fraction of sp³-hybridized carbons (Fsp3) is 0.500. The minimum Gasteiger partial charge on any atom is -0.399 e. The van der Waals surface area contributed by atoms with Gasteiger partial charge in [-0.1, -0.05) is 12.1 Å². The van der Waals surface area contributed by atoms with Crippen LogP contribution in [0.1, 0.15) is 31.2 Å². The van der Waals surface area contributed by atoms with E-state index in [2.05, 4.69) is 5.32 Å². The van der Waals surface area contributed by atoms with E-state index in [0.29, 0.717) is 11.8 Å². The Morgan fingerprint density at radius 3 is 2.83 bits per heavy atom. The van der Waals surface area contributed by atoms with Gasteiger partial charge in [0, 0.05) is 18.8 Å². The van der Waals surface area contributed by atoms with Crippen molar-refractivity contribution in [1.82, 2.24) is 5.32 Å². The molecule has 1 unspecified atom stereocenters. The number of nitrogens with one attached hydrogen (secondary N) is 1. The normalized spacial score (nSPS) is 24.1. The first-order chi connectivity index (χ1) is 8.60. The molecule has 0 bridgehead atoms. The number of hydrogen-bond acceptors (Lipinski definition) is 3. The van der Waals surface area contributed by atoms with E-state index >= 15 is 0 Å². The Balaban J connectivity index is 1.89. The third kappa shape index (κ3) is 2.82. The summed E-state index contributed by atoms with van der Waals surface area (Å²) in [6, 6.07) is 7.73. The average Bonchev–Trinajstić information content (AvgIpc) is 2.32. The van der Waals surface area contributed by atoms with Crippen LogP contribution >= 0.6 is 0 Å². The van der Waals surface area contributed by atoms with Crippen molar-refractivity contribution in [3.8, 4) is 0 Å². The van der Waals surface area contributed by atoms with E-state index in [1.54, 1.807) is 7.11 Å². The molecule has 18 heavy (non-hydrogen) atoms. The van der Waals surface area contributed by atoms with Gasteiger partial charge in [-0.2, -0.15) is 0 Å². The van der Waals surface area contributed by atoms with E-state index in [-0.39, 0.29) is 17.9 Å². The summed E-state index contributed by atoms with van der Waals surface area (Å²) < 4.78 is 5.19. The first-order valence-electron chi connectivity index (χ1n) is 6.28. The van der Waals surface area contributed by atoms with Gasteiger partial charge < -0.3 is 15.8 Å². The third-order valence-corrected chi connectivity index (χ3v) is 3.58. The zero-order valence-corrected chi connectivity index (χ0v) is 10.8. The molecule has 0 spiro atoms. The van der Waals surface area contributed by atoms with Gasteiger partial charge in [0.05, 0.1) is 12.0 Å². The van der Waals surface area contributed by atoms with Crippen molar-refractivity contribution in [3.05, 3.63) is 29.8 Å². The molecule has 2 rings (SSSR count). The number of rotatable bonds is 4. The highest BCUT2D eigenvalue weighted by atomic mass is 16.5. The Labute approximate surface area is 108 Å². The van der Waals surface area contributed by atoms with Crippen molar-refractivity contribution in [2.24, 2.45) is 0 Å². The number of anilines is 1. The van der Waals surface area contributed by atoms with Crippen LogP contribution in [0.3, 0.4) is 0 Å². The Hall–Kier alpha value is -1.55. The summed E-state index contributed by atoms with van der Waals surface area (Å²) in [6.45, 7) is 1.90. The van der Waals surface area contributed by atoms with Gasteiger partial charge in [-0.05, 0) is 37.5 Å². The van der Waals surface area contributed by atoms with Crippen LogP contribution in [-0.4, -0.2) is 25.2 Å². The second-order valence-electron chi connectivity index (χ2n) is 4.93. The highest BCUT2D eigenvalue weighted by Gasteiger charge is 2.31. The van der Waals surface area contributed by atoms with Gasteiger partial charge in [0.2, 0.25) is 5.91 Å². The Morgan fingerprint density at radius 1 is 1.50 bits per heavy atom. The maximum Gasteiger partial charge on any atom is 0.227 e. The van der Waals surface area contributed by atoms with Crippen molar-refractivity contribution in [2.75, 3.05) is 12.8 Å². The van der Waals surface area contributed by atoms with Crippen molar-refractivity contribution < 1.29 is 9.53 Å². The van der Waals surface area contributed by atoms with E-state index in [9.17, 15) is 4.79 Å². The average molecular weight is 248 g/mol. The fourth-order valence-corrected chi connectivity index (χ4v) is 2.18. The predicted molar refractivity (Wildman–Crippen MR) is 71.2 cm³/mol. The molecule has 1 aromatic carbocycles. The van der Waals surface area contributed by atoms with Crippen LogP contribution < -0.4 is 11.1 Å². The fourth-order valence-electron chi connectivity index (χ4n) is 2.18. The third-order valence-electron chi connectivity index (χ3n) is 3.58. The van der Waals surface area contributed by atoms with Gasteiger partial charge in [0.1, 0.15) is 0 Å². The Kier molecular flexibility index (Phi) is 3.87. The topological polar surface area (TPSA) is 64.3 Å². The minimum absolute atomic E-state index is 0.0557. The number of benzene rings is 1. The van der Waals surface area contributed by atoms with Gasteiger partial charge in [-0.15, -0.1) is 0 Å². The molecular formula is C14H20N2O2. The molecule has 1 saturated carbocycles. The second kappa shape index (κ2) is 5.40. The molecule has 1 atom stereocenters. The number of ether oxygens (including phenoxy) is 1. The van der Waals surface area contributed by atoms with Crippen LogP contribution in [0.15, 0.2) is 24.3 Å². The van der Waals surface area contributed by atoms with Crippen LogP contribution in [0, 0.1) is 0 Å². The number of hydrogen-bond donors (Lipinski definition) is 2. The minimum atomic E-state index is -0.171. The van der Waals surface area contributed by atoms with E-state index in [1.165, 1.54) is 0 Å². The molecule has 3 N–H and O–H groups in total. The van der Waals surface area contributed by atoms with Crippen LogP contribution in [-0.2, 0) is 9.53 Å². The van der Waals surface area contributed by atoms with Crippen LogP contribution in [0.4, 0.5) is 5.69 Å². The van der Waals surface area contributed by atoms with E-state index in [0.717, 1.165) is 18.4 Å². The smallest absolute Gasteiger partial charge is 0.227 e. The number of carbonyl (C=O) groups excluding carboxylic acids is 1. The van der Waals surface area contributed by atoms with Crippen LogP contribution in [0.25, 0.3) is 0 Å². The largest absolute Gasteiger partial charge is 0.399 e. The highest BCUT2D eigenvalue weighted by Crippen LogP contribution is 2.24. The zero-order chi connectivity index (χ0) is 13.1. The van der Waals surface area contributed by atoms with Crippen molar-refractivity contribution in [1.29, 1.82) is 0 Å². The first-order valence-corrected chi connectivity index (χ1v) is 6.28. The maximum atomic E-state index is 12.1. The lowest BCUT2D eigenvalue weighted by Crippen LogP contribution is -2.48. The number of carbonyl (C=O) groups is 1. The Morgan fingerprint density at radius 2 is 2.22 bits per heavy atom. The molecule has 1 aromatic rings. The zero-order valence-electron chi connectivity index (χ0n) is 10.8. The van der Waals surface area contributed by atoms with Crippen LogP contribution in [0.2, 0.25) is 0 Å². The monoisotopic (exact) mass is 248 g/mol. The molecule has 0 saturated heterocycles. The first kappa shape index (κ1) is 12.9. The van der Waals surface area contributed by atoms with Crippen molar-refractivity contribution in [2.45, 2.75) is 37.8 Å². The lowest BCUT2D eigenvalue weighted by molar-refractivity contribution is -0.124. The summed E-state index contributed by atoms with van der Waals surface area (Å²) in [5.41, 5.74) is 7.37. The molecule has 0 aromatic heterocycles. The van der Waals surface area contributed by atoms with E-state index in [1.807, 2.05) is 31.2 Å². The summed E-state index contributed by atoms with van der Waals surface area (Å²) in [5.74, 6) is -0.116. The van der Waals surface area contributed by atoms with Crippen LogP contribution in [0.5, 0.6) is 0 Å². The Bertz CT molecular complexity index is 428. The van der Waals surface area contributed by atoms with Gasteiger partial charge >= 0.3 is 0 Å². The molecule has 0 aliphatic heterocycles. The lowest BCUT2D eigenvalue weighted by Gasteiger charge is -2.35. The molecule has 1 fully saturated rings. The lowest BCUT2D eigenvalue weighted by atomic mass is 9.88. The standard InChI is InChI=1S/C14H20N2O2/c1-9(10-4-3-5-11(15)6-10)14(17)16-12-7-13(8-12)18-2/h3-6,9,12-13H,7-8,15H2,1-2H3,(H,16,17). The van der Waals surface area contributed by atoms with E-state index in [4.69, 9.17) is 10.5 Å².